The van der Waals surface area contributed by atoms with Crippen LogP contribution in [0.15, 0.2) is 42.5 Å². The highest BCUT2D eigenvalue weighted by Gasteiger charge is 2.08. The molecule has 0 aliphatic rings. The van der Waals surface area contributed by atoms with Gasteiger partial charge in [0.2, 0.25) is 0 Å². The average Bonchev–Trinajstić information content (AvgIpc) is 2.48. The molecule has 2 aromatic carbocycles. The number of rotatable bonds is 4. The summed E-state index contributed by atoms with van der Waals surface area (Å²) in [6.07, 6.45) is 0. The van der Waals surface area contributed by atoms with E-state index in [0.717, 1.165) is 16.8 Å². The van der Waals surface area contributed by atoms with Crippen molar-refractivity contribution in [2.24, 2.45) is 0 Å². The molecule has 0 bridgehead atoms. The van der Waals surface area contributed by atoms with Crippen molar-refractivity contribution in [2.75, 3.05) is 5.32 Å². The Balaban J connectivity index is 1.94. The van der Waals surface area contributed by atoms with E-state index in [1.165, 1.54) is 17.7 Å². The van der Waals surface area contributed by atoms with E-state index < -0.39 is 4.92 Å². The van der Waals surface area contributed by atoms with Crippen molar-refractivity contribution in [1.29, 1.82) is 0 Å². The summed E-state index contributed by atoms with van der Waals surface area (Å²) in [5.74, 6) is 0. The smallest absolute Gasteiger partial charge is 0.269 e. The summed E-state index contributed by atoms with van der Waals surface area (Å²) in [5.41, 5.74) is 3.95. The topological polar surface area (TPSA) is 67.2 Å². The molecule has 22 heavy (non-hydrogen) atoms. The molecule has 0 radical (unpaired) electrons. The van der Waals surface area contributed by atoms with Crippen LogP contribution in [-0.4, -0.2) is 10.0 Å². The Hall–Kier alpha value is -2.47. The second-order valence-electron chi connectivity index (χ2n) is 5.05. The first-order valence-corrected chi connectivity index (χ1v) is 7.22. The summed E-state index contributed by atoms with van der Waals surface area (Å²) in [4.78, 5) is 10.3. The number of hydrogen-bond acceptors (Lipinski definition) is 3. The number of thiocarbonyl (C=S) groups is 1. The Bertz CT molecular complexity index is 699. The number of anilines is 1. The molecule has 0 spiro atoms. The Labute approximate surface area is 134 Å². The van der Waals surface area contributed by atoms with Crippen molar-refractivity contribution in [3.8, 4) is 0 Å². The van der Waals surface area contributed by atoms with E-state index in [-0.39, 0.29) is 5.69 Å². The molecule has 0 aromatic heterocycles. The van der Waals surface area contributed by atoms with Gasteiger partial charge in [-0.2, -0.15) is 0 Å². The molecule has 2 aromatic rings. The van der Waals surface area contributed by atoms with Gasteiger partial charge >= 0.3 is 0 Å². The van der Waals surface area contributed by atoms with Crippen LogP contribution in [-0.2, 0) is 6.54 Å². The molecule has 2 N–H and O–H groups in total. The molecule has 6 heteroatoms. The molecule has 0 saturated heterocycles. The lowest BCUT2D eigenvalue weighted by atomic mass is 10.1. The first-order chi connectivity index (χ1) is 10.5. The van der Waals surface area contributed by atoms with Crippen LogP contribution in [0.3, 0.4) is 0 Å². The minimum atomic E-state index is -0.412. The van der Waals surface area contributed by atoms with Gasteiger partial charge in [-0.15, -0.1) is 0 Å². The van der Waals surface area contributed by atoms with E-state index >= 15 is 0 Å². The lowest BCUT2D eigenvalue weighted by Gasteiger charge is -2.12. The van der Waals surface area contributed by atoms with Crippen LogP contribution in [0.25, 0.3) is 0 Å². The van der Waals surface area contributed by atoms with Crippen molar-refractivity contribution in [3.63, 3.8) is 0 Å². The van der Waals surface area contributed by atoms with E-state index in [1.54, 1.807) is 13.0 Å². The van der Waals surface area contributed by atoms with Crippen molar-refractivity contribution in [1.82, 2.24) is 5.32 Å². The fourth-order valence-electron chi connectivity index (χ4n) is 1.96. The zero-order chi connectivity index (χ0) is 16.1. The molecule has 0 aliphatic carbocycles. The number of aryl methyl sites for hydroxylation is 2. The third-order valence-corrected chi connectivity index (χ3v) is 3.49. The fraction of sp³-hybridized carbons (Fsp3) is 0.188. The maximum Gasteiger partial charge on any atom is 0.269 e. The minimum absolute atomic E-state index is 0.0709. The molecule has 0 heterocycles. The Kier molecular flexibility index (Phi) is 5.06. The van der Waals surface area contributed by atoms with Gasteiger partial charge in [0.15, 0.2) is 5.11 Å². The molecule has 2 rings (SSSR count). The van der Waals surface area contributed by atoms with Gasteiger partial charge < -0.3 is 10.6 Å². The van der Waals surface area contributed by atoms with Gasteiger partial charge in [-0.25, -0.2) is 0 Å². The van der Waals surface area contributed by atoms with E-state index in [9.17, 15) is 10.1 Å². The number of nitrogens with one attached hydrogen (secondary N) is 2. The minimum Gasteiger partial charge on any atom is -0.358 e. The molecule has 0 aliphatic heterocycles. The summed E-state index contributed by atoms with van der Waals surface area (Å²) in [6.45, 7) is 4.47. The second-order valence-corrected chi connectivity index (χ2v) is 5.46. The monoisotopic (exact) mass is 315 g/mol. The predicted octanol–water partition coefficient (Wildman–Crippen LogP) is 3.70. The van der Waals surface area contributed by atoms with Crippen LogP contribution in [0.2, 0.25) is 0 Å². The van der Waals surface area contributed by atoms with Gasteiger partial charge in [-0.05, 0) is 43.3 Å². The van der Waals surface area contributed by atoms with Crippen molar-refractivity contribution >= 4 is 28.7 Å². The average molecular weight is 315 g/mol. The summed E-state index contributed by atoms with van der Waals surface area (Å²) in [7, 11) is 0. The summed E-state index contributed by atoms with van der Waals surface area (Å²) >= 11 is 5.25. The zero-order valence-electron chi connectivity index (χ0n) is 12.4. The Morgan fingerprint density at radius 3 is 2.45 bits per heavy atom. The highest BCUT2D eigenvalue weighted by molar-refractivity contribution is 7.80. The second kappa shape index (κ2) is 7.00. The molecule has 0 atom stereocenters. The van der Waals surface area contributed by atoms with Gasteiger partial charge in [-0.1, -0.05) is 29.8 Å². The number of hydrogen-bond donors (Lipinski definition) is 2. The van der Waals surface area contributed by atoms with Gasteiger partial charge in [0.1, 0.15) is 0 Å². The van der Waals surface area contributed by atoms with Crippen molar-refractivity contribution < 1.29 is 4.92 Å². The lowest BCUT2D eigenvalue weighted by Crippen LogP contribution is -2.28. The molecule has 114 valence electrons. The maximum atomic E-state index is 10.7. The molecule has 0 fully saturated rings. The van der Waals surface area contributed by atoms with E-state index in [1.807, 2.05) is 31.2 Å². The third-order valence-electron chi connectivity index (χ3n) is 3.24. The van der Waals surface area contributed by atoms with Crippen LogP contribution in [0.1, 0.15) is 16.7 Å². The molecule has 0 amide bonds. The predicted molar refractivity (Wildman–Crippen MR) is 92.1 cm³/mol. The van der Waals surface area contributed by atoms with Gasteiger partial charge in [0.25, 0.3) is 5.69 Å². The van der Waals surface area contributed by atoms with Crippen LogP contribution >= 0.6 is 12.2 Å². The number of benzene rings is 2. The molecular formula is C16H17N3O2S. The number of nitro groups is 1. The fourth-order valence-corrected chi connectivity index (χ4v) is 2.14. The van der Waals surface area contributed by atoms with Crippen LogP contribution < -0.4 is 10.6 Å². The number of nitro benzene ring substituents is 1. The highest BCUT2D eigenvalue weighted by atomic mass is 32.1. The largest absolute Gasteiger partial charge is 0.358 e. The van der Waals surface area contributed by atoms with Gasteiger partial charge in [-0.3, -0.25) is 10.1 Å². The third kappa shape index (κ3) is 4.26. The van der Waals surface area contributed by atoms with E-state index in [0.29, 0.717) is 11.7 Å². The molecular weight excluding hydrogens is 298 g/mol. The standard InChI is InChI=1S/C16H17N3O2S/c1-11-3-5-13(6-4-11)10-17-16(22)18-15-8-7-14(19(20)21)9-12(15)2/h3-9H,10H2,1-2H3,(H2,17,18,22). The van der Waals surface area contributed by atoms with Gasteiger partial charge in [0, 0.05) is 24.4 Å². The lowest BCUT2D eigenvalue weighted by molar-refractivity contribution is -0.384. The summed E-state index contributed by atoms with van der Waals surface area (Å²) in [5, 5.41) is 17.4. The highest BCUT2D eigenvalue weighted by Crippen LogP contribution is 2.21. The molecule has 0 unspecified atom stereocenters. The van der Waals surface area contributed by atoms with Crippen LogP contribution in [0.5, 0.6) is 0 Å². The van der Waals surface area contributed by atoms with E-state index in [4.69, 9.17) is 12.2 Å². The number of nitrogens with zero attached hydrogens (tertiary/aromatic N) is 1. The SMILES string of the molecule is Cc1ccc(CNC(=S)Nc2ccc([N+](=O)[O-])cc2C)cc1. The van der Waals surface area contributed by atoms with E-state index in [2.05, 4.69) is 10.6 Å². The Morgan fingerprint density at radius 1 is 1.18 bits per heavy atom. The molecule has 0 saturated carbocycles. The summed E-state index contributed by atoms with van der Waals surface area (Å²) < 4.78 is 0. The first-order valence-electron chi connectivity index (χ1n) is 6.81. The summed E-state index contributed by atoms with van der Waals surface area (Å²) in [6, 6.07) is 12.8. The van der Waals surface area contributed by atoms with Crippen LogP contribution in [0.4, 0.5) is 11.4 Å². The normalized spacial score (nSPS) is 10.1. The zero-order valence-corrected chi connectivity index (χ0v) is 13.2. The van der Waals surface area contributed by atoms with Gasteiger partial charge in [0.05, 0.1) is 4.92 Å². The Morgan fingerprint density at radius 2 is 1.86 bits per heavy atom. The quantitative estimate of drug-likeness (QED) is 0.511. The molecule has 5 nitrogen and oxygen atoms in total. The van der Waals surface area contributed by atoms with Crippen molar-refractivity contribution in [3.05, 3.63) is 69.3 Å². The van der Waals surface area contributed by atoms with Crippen molar-refractivity contribution in [2.45, 2.75) is 20.4 Å². The number of non-ortho nitro benzene ring substituents is 1. The first kappa shape index (κ1) is 15.9. The van der Waals surface area contributed by atoms with Crippen LogP contribution in [0, 0.1) is 24.0 Å². The maximum absolute atomic E-state index is 10.7.